The number of hydrogen-bond donors (Lipinski definition) is 1. The van der Waals surface area contributed by atoms with Crippen molar-refractivity contribution in [3.05, 3.63) is 35.4 Å². The Bertz CT molecular complexity index is 590. The van der Waals surface area contributed by atoms with Crippen LogP contribution in [0.3, 0.4) is 0 Å². The van der Waals surface area contributed by atoms with Gasteiger partial charge in [0.05, 0.1) is 6.04 Å². The van der Waals surface area contributed by atoms with E-state index in [0.29, 0.717) is 6.04 Å². The zero-order valence-electron chi connectivity index (χ0n) is 12.4. The highest BCUT2D eigenvalue weighted by Gasteiger charge is 2.29. The van der Waals surface area contributed by atoms with Gasteiger partial charge in [-0.05, 0) is 40.8 Å². The van der Waals surface area contributed by atoms with Crippen LogP contribution in [0.2, 0.25) is 0 Å². The van der Waals surface area contributed by atoms with Gasteiger partial charge < -0.3 is 5.73 Å². The van der Waals surface area contributed by atoms with E-state index in [1.165, 1.54) is 18.4 Å². The molecule has 1 heterocycles. The van der Waals surface area contributed by atoms with Gasteiger partial charge in [0.2, 0.25) is 5.16 Å². The highest BCUT2D eigenvalue weighted by molar-refractivity contribution is 7.99. The molecule has 0 saturated heterocycles. The van der Waals surface area contributed by atoms with Crippen molar-refractivity contribution in [2.24, 2.45) is 5.73 Å². The van der Waals surface area contributed by atoms with E-state index in [1.54, 1.807) is 11.8 Å². The van der Waals surface area contributed by atoms with Crippen LogP contribution in [0, 0.1) is 0 Å². The molecule has 0 aliphatic heterocycles. The summed E-state index contributed by atoms with van der Waals surface area (Å²) in [5.41, 5.74) is 8.89. The van der Waals surface area contributed by atoms with Crippen LogP contribution in [-0.2, 0) is 6.42 Å². The van der Waals surface area contributed by atoms with E-state index in [-0.39, 0.29) is 11.3 Å². The van der Waals surface area contributed by atoms with Crippen LogP contribution < -0.4 is 5.73 Å². The summed E-state index contributed by atoms with van der Waals surface area (Å²) in [6.07, 6.45) is 3.41. The lowest BCUT2D eigenvalue weighted by Gasteiger charge is -2.19. The molecule has 1 fully saturated rings. The number of aromatic nitrogens is 4. The fourth-order valence-electron chi connectivity index (χ4n) is 2.30. The van der Waals surface area contributed by atoms with Crippen molar-refractivity contribution in [1.82, 2.24) is 20.2 Å². The summed E-state index contributed by atoms with van der Waals surface area (Å²) in [4.78, 5) is 0. The average Bonchev–Trinajstić information content (AvgIpc) is 3.26. The molecule has 1 aromatic heterocycles. The summed E-state index contributed by atoms with van der Waals surface area (Å²) in [5, 5.41) is 13.1. The number of nitrogens with two attached hydrogens (primary N) is 1. The molecule has 0 bridgehead atoms. The minimum Gasteiger partial charge on any atom is -0.323 e. The van der Waals surface area contributed by atoms with Crippen molar-refractivity contribution >= 4 is 11.8 Å². The lowest BCUT2D eigenvalue weighted by molar-refractivity contribution is 0.563. The quantitative estimate of drug-likeness (QED) is 0.831. The summed E-state index contributed by atoms with van der Waals surface area (Å²) in [6, 6.07) is 9.04. The van der Waals surface area contributed by atoms with Crippen LogP contribution in [0.25, 0.3) is 0 Å². The van der Waals surface area contributed by atoms with Gasteiger partial charge in [-0.15, -0.1) is 5.10 Å². The van der Waals surface area contributed by atoms with Gasteiger partial charge in [-0.2, -0.15) is 0 Å². The van der Waals surface area contributed by atoms with Crippen molar-refractivity contribution in [2.75, 3.05) is 0 Å². The van der Waals surface area contributed by atoms with Gasteiger partial charge in [0.1, 0.15) is 0 Å². The second kappa shape index (κ2) is 6.15. The molecule has 2 N–H and O–H groups in total. The Hall–Kier alpha value is -1.40. The molecular formula is C15H21N5S. The van der Waals surface area contributed by atoms with Gasteiger partial charge in [-0.3, -0.25) is 0 Å². The molecule has 0 amide bonds. The Morgan fingerprint density at radius 1 is 1.33 bits per heavy atom. The summed E-state index contributed by atoms with van der Waals surface area (Å²) in [6.45, 7) is 4.29. The summed E-state index contributed by atoms with van der Waals surface area (Å²) < 4.78 is 1.94. The lowest BCUT2D eigenvalue weighted by Crippen LogP contribution is -2.21. The first-order chi connectivity index (χ1) is 10.2. The molecule has 21 heavy (non-hydrogen) atoms. The first kappa shape index (κ1) is 14.5. The molecule has 1 aromatic carbocycles. The maximum Gasteiger partial charge on any atom is 0.209 e. The van der Waals surface area contributed by atoms with Crippen LogP contribution in [-0.4, -0.2) is 25.5 Å². The normalized spacial score (nSPS) is 17.7. The van der Waals surface area contributed by atoms with Gasteiger partial charge in [0.25, 0.3) is 0 Å². The Morgan fingerprint density at radius 2 is 2.05 bits per heavy atom. The molecule has 2 unspecified atom stereocenters. The van der Waals surface area contributed by atoms with E-state index in [4.69, 9.17) is 5.73 Å². The predicted octanol–water partition coefficient (Wildman–Crippen LogP) is 2.75. The van der Waals surface area contributed by atoms with Crippen molar-refractivity contribution in [2.45, 2.75) is 55.6 Å². The van der Waals surface area contributed by atoms with Gasteiger partial charge >= 0.3 is 0 Å². The topological polar surface area (TPSA) is 69.6 Å². The fraction of sp³-hybridized carbons (Fsp3) is 0.533. The molecule has 0 spiro atoms. The third-order valence-electron chi connectivity index (χ3n) is 3.93. The van der Waals surface area contributed by atoms with Gasteiger partial charge in [0, 0.05) is 11.3 Å². The van der Waals surface area contributed by atoms with E-state index < -0.39 is 0 Å². The lowest BCUT2D eigenvalue weighted by atomic mass is 10.0. The molecule has 112 valence electrons. The highest BCUT2D eigenvalue weighted by Crippen LogP contribution is 2.38. The van der Waals surface area contributed by atoms with E-state index in [1.807, 2.05) is 4.68 Å². The van der Waals surface area contributed by atoms with Crippen LogP contribution in [0.1, 0.15) is 49.9 Å². The maximum absolute atomic E-state index is 6.39. The number of aryl methyl sites for hydroxylation is 1. The number of tetrazole rings is 1. The Balaban J connectivity index is 1.68. The van der Waals surface area contributed by atoms with Crippen molar-refractivity contribution in [3.63, 3.8) is 0 Å². The first-order valence-electron chi connectivity index (χ1n) is 7.48. The number of nitrogens with zero attached hydrogens (tertiary/aromatic N) is 4. The van der Waals surface area contributed by atoms with Gasteiger partial charge in [-0.25, -0.2) is 4.68 Å². The standard InChI is InChI=1S/C15H21N5S/c1-3-11-4-6-12(7-5-11)14(16)10(2)21-15-17-18-19-20(15)13-8-9-13/h4-7,10,13-14H,3,8-9,16H2,1-2H3. The second-order valence-corrected chi connectivity index (χ2v) is 6.93. The predicted molar refractivity (Wildman–Crippen MR) is 84.2 cm³/mol. The van der Waals surface area contributed by atoms with Gasteiger partial charge in [0.15, 0.2) is 0 Å². The number of benzene rings is 1. The fourth-order valence-corrected chi connectivity index (χ4v) is 3.31. The van der Waals surface area contributed by atoms with Crippen molar-refractivity contribution in [3.8, 4) is 0 Å². The van der Waals surface area contributed by atoms with Crippen molar-refractivity contribution < 1.29 is 0 Å². The zero-order chi connectivity index (χ0) is 14.8. The molecule has 3 rings (SSSR count). The van der Waals surface area contributed by atoms with Crippen LogP contribution in [0.15, 0.2) is 29.4 Å². The second-order valence-electron chi connectivity index (χ2n) is 5.58. The number of hydrogen-bond acceptors (Lipinski definition) is 5. The summed E-state index contributed by atoms with van der Waals surface area (Å²) in [5.74, 6) is 0. The van der Waals surface area contributed by atoms with E-state index in [0.717, 1.165) is 17.1 Å². The highest BCUT2D eigenvalue weighted by atomic mass is 32.2. The number of rotatable bonds is 6. The Morgan fingerprint density at radius 3 is 2.67 bits per heavy atom. The molecular weight excluding hydrogens is 282 g/mol. The zero-order valence-corrected chi connectivity index (χ0v) is 13.3. The molecule has 1 aliphatic rings. The van der Waals surface area contributed by atoms with Crippen LogP contribution in [0.5, 0.6) is 0 Å². The van der Waals surface area contributed by atoms with E-state index in [9.17, 15) is 0 Å². The van der Waals surface area contributed by atoms with Crippen LogP contribution >= 0.6 is 11.8 Å². The van der Waals surface area contributed by atoms with E-state index in [2.05, 4.69) is 53.6 Å². The molecule has 1 aliphatic carbocycles. The average molecular weight is 303 g/mol. The van der Waals surface area contributed by atoms with E-state index >= 15 is 0 Å². The molecule has 6 heteroatoms. The largest absolute Gasteiger partial charge is 0.323 e. The first-order valence-corrected chi connectivity index (χ1v) is 8.36. The monoisotopic (exact) mass is 303 g/mol. The SMILES string of the molecule is CCc1ccc(C(N)C(C)Sc2nnnn2C2CC2)cc1. The molecule has 2 aromatic rings. The minimum atomic E-state index is -0.0229. The Kier molecular flexibility index (Phi) is 4.26. The molecule has 5 nitrogen and oxygen atoms in total. The third-order valence-corrected chi connectivity index (χ3v) is 5.07. The molecule has 1 saturated carbocycles. The molecule has 2 atom stereocenters. The Labute approximate surface area is 129 Å². The smallest absolute Gasteiger partial charge is 0.209 e. The minimum absolute atomic E-state index is 0.0229. The molecule has 0 radical (unpaired) electrons. The van der Waals surface area contributed by atoms with Crippen molar-refractivity contribution in [1.29, 1.82) is 0 Å². The summed E-state index contributed by atoms with van der Waals surface area (Å²) in [7, 11) is 0. The van der Waals surface area contributed by atoms with Crippen LogP contribution in [0.4, 0.5) is 0 Å². The summed E-state index contributed by atoms with van der Waals surface area (Å²) >= 11 is 1.66. The number of thioether (sulfide) groups is 1. The van der Waals surface area contributed by atoms with Gasteiger partial charge in [-0.1, -0.05) is 49.9 Å². The maximum atomic E-state index is 6.39. The third kappa shape index (κ3) is 3.27.